The third kappa shape index (κ3) is 7.30. The molecule has 37 heavy (non-hydrogen) atoms. The number of carbonyl (C=O) groups excluding carboxylic acids is 1. The zero-order valence-corrected chi connectivity index (χ0v) is 21.0. The number of aromatic nitrogens is 2. The van der Waals surface area contributed by atoms with Crippen LogP contribution in [0.2, 0.25) is 0 Å². The Morgan fingerprint density at radius 1 is 1.16 bits per heavy atom. The number of hydrogen-bond donors (Lipinski definition) is 7. The van der Waals surface area contributed by atoms with Crippen LogP contribution in [0, 0.1) is 0 Å². The summed E-state index contributed by atoms with van der Waals surface area (Å²) in [6.45, 7) is -0.238. The zero-order chi connectivity index (χ0) is 27.5. The van der Waals surface area contributed by atoms with Gasteiger partial charge >= 0.3 is 21.1 Å². The summed E-state index contributed by atoms with van der Waals surface area (Å²) in [5.74, 6) is -0.535. The third-order valence-corrected chi connectivity index (χ3v) is 8.24. The van der Waals surface area contributed by atoms with Crippen LogP contribution in [0.3, 0.4) is 0 Å². The van der Waals surface area contributed by atoms with E-state index >= 15 is 0 Å². The number of ether oxygens (including phenoxy) is 1. The lowest BCUT2D eigenvalue weighted by atomic mass is 10.1. The van der Waals surface area contributed by atoms with E-state index in [1.54, 1.807) is 0 Å². The Hall–Kier alpha value is -2.49. The molecule has 1 amide bonds. The molecule has 1 fully saturated rings. The highest BCUT2D eigenvalue weighted by Gasteiger charge is 2.46. The number of hydrogen-bond acceptors (Lipinski definition) is 11. The van der Waals surface area contributed by atoms with Gasteiger partial charge in [0.1, 0.15) is 18.3 Å². The topological polar surface area (TPSA) is 247 Å². The molecule has 2 heterocycles. The molecule has 0 aliphatic carbocycles. The first-order valence-electron chi connectivity index (χ1n) is 10.6. The Kier molecular flexibility index (Phi) is 9.03. The lowest BCUT2D eigenvalue weighted by molar-refractivity contribution is -0.114. The lowest BCUT2D eigenvalue weighted by Crippen LogP contribution is -2.37. The number of carbonyl (C=O) groups is 1. The number of aromatic amines is 1. The van der Waals surface area contributed by atoms with E-state index in [2.05, 4.69) is 14.2 Å². The Morgan fingerprint density at radius 3 is 2.46 bits per heavy atom. The van der Waals surface area contributed by atoms with Crippen LogP contribution in [0.25, 0.3) is 0 Å². The first-order valence-corrected chi connectivity index (χ1v) is 13.8. The molecule has 0 bridgehead atoms. The van der Waals surface area contributed by atoms with Crippen molar-refractivity contribution in [2.45, 2.75) is 44.2 Å². The molecular formula is C19H25N3O13P2. The number of amides is 1. The van der Waals surface area contributed by atoms with E-state index in [0.29, 0.717) is 0 Å². The van der Waals surface area contributed by atoms with Crippen molar-refractivity contribution in [3.05, 3.63) is 62.4 Å². The van der Waals surface area contributed by atoms with Gasteiger partial charge in [0.2, 0.25) is 5.91 Å². The number of para-hydroxylation sites is 1. The predicted octanol–water partition coefficient (Wildman–Crippen LogP) is -0.874. The average Bonchev–Trinajstić information content (AvgIpc) is 3.06. The van der Waals surface area contributed by atoms with Crippen LogP contribution < -0.4 is 16.6 Å². The Morgan fingerprint density at radius 2 is 1.84 bits per heavy atom. The number of rotatable bonds is 10. The van der Waals surface area contributed by atoms with E-state index in [9.17, 15) is 48.6 Å². The molecule has 1 aliphatic heterocycles. The van der Waals surface area contributed by atoms with Gasteiger partial charge in [-0.15, -0.1) is 0 Å². The Balaban J connectivity index is 1.68. The normalized spacial score (nSPS) is 24.8. The SMILES string of the molecule is CC(=O)Nc1c(CO)cccc1CP(=O)(O)OP(=O)(O)OC[C@H]1O[C@@H](n2ccc(=O)[nH]c2=O)[C@@H](O)C1O. The van der Waals surface area contributed by atoms with Gasteiger partial charge < -0.3 is 35.2 Å². The fourth-order valence-electron chi connectivity index (χ4n) is 3.57. The van der Waals surface area contributed by atoms with Gasteiger partial charge in [0.15, 0.2) is 6.23 Å². The number of anilines is 1. The standard InChI is InChI=1S/C19H25N3O13P2/c1-10(24)20-15-11(7-23)3-2-4-12(15)9-36(29,30)35-37(31,32)33-8-13-16(26)17(27)18(34-13)22-6-5-14(25)21-19(22)28/h2-6,13,16-18,23,26-27H,7-9H2,1H3,(H,20,24)(H,29,30)(H,31,32)(H,21,25,28)/t13-,16?,17+,18-/m1/s1. The van der Waals surface area contributed by atoms with Crippen molar-refractivity contribution in [3.63, 3.8) is 0 Å². The minimum absolute atomic E-state index is 0.0273. The summed E-state index contributed by atoms with van der Waals surface area (Å²) in [5, 5.41) is 32.3. The Bertz CT molecular complexity index is 1360. The maximum absolute atomic E-state index is 12.6. The highest BCUT2D eigenvalue weighted by molar-refractivity contribution is 7.63. The number of nitrogens with one attached hydrogen (secondary N) is 2. The van der Waals surface area contributed by atoms with Crippen LogP contribution >= 0.6 is 15.4 Å². The molecule has 1 aliphatic rings. The van der Waals surface area contributed by atoms with Crippen LogP contribution in [0.4, 0.5) is 5.69 Å². The minimum atomic E-state index is -5.26. The molecule has 204 valence electrons. The quantitative estimate of drug-likeness (QED) is 0.173. The number of phosphoric ester groups is 1. The van der Waals surface area contributed by atoms with E-state index in [1.165, 1.54) is 25.1 Å². The molecule has 3 rings (SSSR count). The Labute approximate surface area is 208 Å². The molecule has 1 aromatic heterocycles. The second-order valence-electron chi connectivity index (χ2n) is 8.00. The molecule has 18 heteroatoms. The summed E-state index contributed by atoms with van der Waals surface area (Å²) < 4.78 is 40.2. The van der Waals surface area contributed by atoms with Crippen LogP contribution in [0.5, 0.6) is 0 Å². The number of aliphatic hydroxyl groups excluding tert-OH is 3. The van der Waals surface area contributed by atoms with Gasteiger partial charge in [-0.2, -0.15) is 0 Å². The summed E-state index contributed by atoms with van der Waals surface area (Å²) in [7, 11) is -10.2. The van der Waals surface area contributed by atoms with Gasteiger partial charge in [-0.05, 0) is 5.56 Å². The summed E-state index contributed by atoms with van der Waals surface area (Å²) in [5.41, 5.74) is -1.39. The number of nitrogens with zero attached hydrogens (tertiary/aromatic N) is 1. The molecule has 0 saturated carbocycles. The van der Waals surface area contributed by atoms with Crippen LogP contribution in [0.1, 0.15) is 24.3 Å². The van der Waals surface area contributed by atoms with E-state index in [-0.39, 0.29) is 16.8 Å². The molecule has 6 atom stereocenters. The van der Waals surface area contributed by atoms with Crippen molar-refractivity contribution < 1.29 is 52.6 Å². The third-order valence-electron chi connectivity index (χ3n) is 5.17. The second kappa shape index (κ2) is 11.5. The monoisotopic (exact) mass is 565 g/mol. The van der Waals surface area contributed by atoms with Crippen LogP contribution in [-0.2, 0) is 40.3 Å². The molecule has 3 unspecified atom stereocenters. The summed E-state index contributed by atoms with van der Waals surface area (Å²) >= 11 is 0. The number of phosphoric acid groups is 1. The number of aliphatic hydroxyl groups is 3. The molecule has 0 spiro atoms. The molecule has 0 radical (unpaired) electrons. The second-order valence-corrected chi connectivity index (χ2v) is 11.4. The highest BCUT2D eigenvalue weighted by atomic mass is 31.3. The zero-order valence-electron chi connectivity index (χ0n) is 19.2. The summed E-state index contributed by atoms with van der Waals surface area (Å²) in [4.78, 5) is 56.8. The van der Waals surface area contributed by atoms with Gasteiger partial charge in [-0.3, -0.25) is 28.2 Å². The minimum Gasteiger partial charge on any atom is -0.392 e. The van der Waals surface area contributed by atoms with E-state index in [0.717, 1.165) is 16.8 Å². The number of H-pyrrole nitrogens is 1. The van der Waals surface area contributed by atoms with E-state index in [1.807, 2.05) is 4.98 Å². The van der Waals surface area contributed by atoms with Crippen molar-refractivity contribution in [1.29, 1.82) is 0 Å². The highest BCUT2D eigenvalue weighted by Crippen LogP contribution is 2.62. The van der Waals surface area contributed by atoms with Gasteiger partial charge in [-0.25, -0.2) is 13.7 Å². The van der Waals surface area contributed by atoms with Crippen LogP contribution in [0.15, 0.2) is 40.1 Å². The van der Waals surface area contributed by atoms with Crippen molar-refractivity contribution in [2.24, 2.45) is 0 Å². The maximum Gasteiger partial charge on any atom is 0.479 e. The van der Waals surface area contributed by atoms with Crippen molar-refractivity contribution in [3.8, 4) is 0 Å². The largest absolute Gasteiger partial charge is 0.479 e. The van der Waals surface area contributed by atoms with Gasteiger partial charge in [0.05, 0.1) is 25.1 Å². The number of benzene rings is 1. The van der Waals surface area contributed by atoms with Crippen molar-refractivity contribution >= 4 is 27.0 Å². The van der Waals surface area contributed by atoms with Crippen molar-refractivity contribution in [2.75, 3.05) is 11.9 Å². The van der Waals surface area contributed by atoms with Gasteiger partial charge in [-0.1, -0.05) is 18.2 Å². The fraction of sp³-hybridized carbons (Fsp3) is 0.421. The summed E-state index contributed by atoms with van der Waals surface area (Å²) in [6, 6.07) is 5.18. The smallest absolute Gasteiger partial charge is 0.392 e. The van der Waals surface area contributed by atoms with Crippen LogP contribution in [-0.4, -0.2) is 65.5 Å². The molecular weight excluding hydrogens is 540 g/mol. The molecule has 1 aromatic carbocycles. The average molecular weight is 565 g/mol. The van der Waals surface area contributed by atoms with E-state index in [4.69, 9.17) is 4.74 Å². The first kappa shape index (κ1) is 29.1. The molecule has 16 nitrogen and oxygen atoms in total. The fourth-order valence-corrected chi connectivity index (χ4v) is 6.31. The molecule has 1 saturated heterocycles. The molecule has 2 aromatic rings. The molecule has 7 N–H and O–H groups in total. The predicted molar refractivity (Wildman–Crippen MR) is 124 cm³/mol. The van der Waals surface area contributed by atoms with E-state index < -0.39 is 76.5 Å². The van der Waals surface area contributed by atoms with Gasteiger partial charge in [0.25, 0.3) is 5.56 Å². The summed E-state index contributed by atoms with van der Waals surface area (Å²) in [6.07, 6.45) is -6.22. The van der Waals surface area contributed by atoms with Gasteiger partial charge in [0, 0.05) is 24.8 Å². The first-order chi connectivity index (χ1) is 17.2. The van der Waals surface area contributed by atoms with Crippen molar-refractivity contribution in [1.82, 2.24) is 9.55 Å². The lowest BCUT2D eigenvalue weighted by Gasteiger charge is -2.20. The maximum atomic E-state index is 12.6.